The third kappa shape index (κ3) is 4.17. The average molecular weight is 299 g/mol. The zero-order valence-electron chi connectivity index (χ0n) is 12.6. The van der Waals surface area contributed by atoms with Gasteiger partial charge in [0, 0.05) is 19.6 Å². The molecule has 2 fully saturated rings. The van der Waals surface area contributed by atoms with Gasteiger partial charge in [0.2, 0.25) is 5.91 Å². The molecule has 2 rings (SSSR count). The summed E-state index contributed by atoms with van der Waals surface area (Å²) in [6.45, 7) is 3.88. The molecule has 1 N–H and O–H groups in total. The number of nitrogens with zero attached hydrogens (tertiary/aromatic N) is 1. The maximum absolute atomic E-state index is 12.5. The third-order valence-corrected chi connectivity index (χ3v) is 4.26. The summed E-state index contributed by atoms with van der Waals surface area (Å²) in [5.41, 5.74) is 0. The van der Waals surface area contributed by atoms with E-state index in [1.165, 1.54) is 0 Å². The highest BCUT2D eigenvalue weighted by atomic mass is 16.5. The van der Waals surface area contributed by atoms with Crippen LogP contribution in [0.5, 0.6) is 0 Å². The molecule has 0 aromatic carbocycles. The number of carbonyl (C=O) groups excluding carboxylic acids is 1. The van der Waals surface area contributed by atoms with E-state index in [1.54, 1.807) is 4.90 Å². The largest absolute Gasteiger partial charge is 0.481 e. The highest BCUT2D eigenvalue weighted by Gasteiger charge is 2.39. The lowest BCUT2D eigenvalue weighted by Gasteiger charge is -2.30. The molecule has 2 saturated heterocycles. The van der Waals surface area contributed by atoms with Crippen molar-refractivity contribution in [1.82, 2.24) is 4.90 Å². The van der Waals surface area contributed by atoms with Crippen molar-refractivity contribution in [3.63, 3.8) is 0 Å². The number of carboxylic acid groups (broad SMARTS) is 1. The monoisotopic (exact) mass is 299 g/mol. The van der Waals surface area contributed by atoms with Crippen LogP contribution in [0.2, 0.25) is 0 Å². The Balaban J connectivity index is 1.93. The van der Waals surface area contributed by atoms with E-state index in [9.17, 15) is 14.7 Å². The Morgan fingerprint density at radius 1 is 1.33 bits per heavy atom. The van der Waals surface area contributed by atoms with Crippen LogP contribution in [0.25, 0.3) is 0 Å². The molecular weight excluding hydrogens is 274 g/mol. The molecule has 0 spiro atoms. The Labute approximate surface area is 125 Å². The lowest BCUT2D eigenvalue weighted by atomic mass is 10.0. The molecule has 1 amide bonds. The average Bonchev–Trinajstić information content (AvgIpc) is 3.12. The summed E-state index contributed by atoms with van der Waals surface area (Å²) in [6, 6.07) is -0.334. The van der Waals surface area contributed by atoms with Gasteiger partial charge in [0.1, 0.15) is 5.92 Å². The number of aliphatic carboxylic acids is 1. The minimum Gasteiger partial charge on any atom is -0.481 e. The van der Waals surface area contributed by atoms with E-state index in [4.69, 9.17) is 9.47 Å². The molecule has 0 aromatic heterocycles. The second-order valence-corrected chi connectivity index (χ2v) is 5.81. The van der Waals surface area contributed by atoms with Crippen molar-refractivity contribution in [2.75, 3.05) is 26.4 Å². The van der Waals surface area contributed by atoms with Crippen molar-refractivity contribution in [1.29, 1.82) is 0 Å². The van der Waals surface area contributed by atoms with Crippen LogP contribution in [-0.2, 0) is 19.1 Å². The zero-order valence-corrected chi connectivity index (χ0v) is 12.6. The first-order valence-corrected chi connectivity index (χ1v) is 7.85. The fourth-order valence-electron chi connectivity index (χ4n) is 3.10. The SMILES string of the molecule is CCCN(C(=O)CCC1CCCO1)C1COCC1C(=O)O. The van der Waals surface area contributed by atoms with Gasteiger partial charge in [-0.15, -0.1) is 0 Å². The van der Waals surface area contributed by atoms with Crippen molar-refractivity contribution < 1.29 is 24.2 Å². The molecule has 2 heterocycles. The van der Waals surface area contributed by atoms with E-state index >= 15 is 0 Å². The Morgan fingerprint density at radius 3 is 2.76 bits per heavy atom. The molecule has 6 nitrogen and oxygen atoms in total. The van der Waals surface area contributed by atoms with E-state index in [0.717, 1.165) is 32.3 Å². The molecular formula is C15H25NO5. The molecule has 0 radical (unpaired) electrons. The third-order valence-electron chi connectivity index (χ3n) is 4.26. The van der Waals surface area contributed by atoms with Gasteiger partial charge in [0.05, 0.1) is 25.4 Å². The summed E-state index contributed by atoms with van der Waals surface area (Å²) >= 11 is 0. The highest BCUT2D eigenvalue weighted by molar-refractivity contribution is 5.78. The van der Waals surface area contributed by atoms with E-state index in [1.807, 2.05) is 6.92 Å². The molecule has 6 heteroatoms. The van der Waals surface area contributed by atoms with Crippen molar-refractivity contribution in [3.05, 3.63) is 0 Å². The molecule has 3 atom stereocenters. The first-order valence-electron chi connectivity index (χ1n) is 7.85. The summed E-state index contributed by atoms with van der Waals surface area (Å²) < 4.78 is 10.8. The lowest BCUT2D eigenvalue weighted by Crippen LogP contribution is -2.47. The smallest absolute Gasteiger partial charge is 0.311 e. The van der Waals surface area contributed by atoms with Crippen LogP contribution >= 0.6 is 0 Å². The lowest BCUT2D eigenvalue weighted by molar-refractivity contribution is -0.145. The summed E-state index contributed by atoms with van der Waals surface area (Å²) in [5.74, 6) is -1.47. The number of hydrogen-bond donors (Lipinski definition) is 1. The van der Waals surface area contributed by atoms with Crippen molar-refractivity contribution >= 4 is 11.9 Å². The quantitative estimate of drug-likeness (QED) is 0.766. The summed E-state index contributed by atoms with van der Waals surface area (Å²) in [5, 5.41) is 9.25. The van der Waals surface area contributed by atoms with Gasteiger partial charge in [-0.2, -0.15) is 0 Å². The summed E-state index contributed by atoms with van der Waals surface area (Å²) in [6.07, 6.45) is 4.24. The fraction of sp³-hybridized carbons (Fsp3) is 0.867. The number of carboxylic acids is 1. The Morgan fingerprint density at radius 2 is 2.14 bits per heavy atom. The standard InChI is InChI=1S/C15H25NO5/c1-2-7-16(13-10-20-9-12(13)15(18)19)14(17)6-5-11-4-3-8-21-11/h11-13H,2-10H2,1H3,(H,18,19). The number of rotatable bonds is 7. The van der Waals surface area contributed by atoms with Crippen LogP contribution in [0.4, 0.5) is 0 Å². The molecule has 3 unspecified atom stereocenters. The van der Waals surface area contributed by atoms with Gasteiger partial charge in [-0.3, -0.25) is 9.59 Å². The van der Waals surface area contributed by atoms with E-state index in [-0.39, 0.29) is 24.7 Å². The molecule has 0 bridgehead atoms. The first-order chi connectivity index (χ1) is 10.1. The van der Waals surface area contributed by atoms with Crippen LogP contribution in [0.3, 0.4) is 0 Å². The van der Waals surface area contributed by atoms with Gasteiger partial charge in [0.25, 0.3) is 0 Å². The highest BCUT2D eigenvalue weighted by Crippen LogP contribution is 2.23. The number of amides is 1. The van der Waals surface area contributed by atoms with Gasteiger partial charge < -0.3 is 19.5 Å². The van der Waals surface area contributed by atoms with E-state index < -0.39 is 11.9 Å². The van der Waals surface area contributed by atoms with Crippen LogP contribution in [0, 0.1) is 5.92 Å². The molecule has 120 valence electrons. The number of carbonyl (C=O) groups is 2. The zero-order chi connectivity index (χ0) is 15.2. The second kappa shape index (κ2) is 7.75. The number of ether oxygens (including phenoxy) is 2. The van der Waals surface area contributed by atoms with Crippen molar-refractivity contribution in [3.8, 4) is 0 Å². The van der Waals surface area contributed by atoms with Crippen molar-refractivity contribution in [2.24, 2.45) is 5.92 Å². The minimum atomic E-state index is -0.884. The molecule has 2 aliphatic rings. The maximum Gasteiger partial charge on any atom is 0.311 e. The predicted molar refractivity (Wildman–Crippen MR) is 75.9 cm³/mol. The Kier molecular flexibility index (Phi) is 5.99. The minimum absolute atomic E-state index is 0.0223. The van der Waals surface area contributed by atoms with Gasteiger partial charge in [0.15, 0.2) is 0 Å². The Bertz CT molecular complexity index is 367. The van der Waals surface area contributed by atoms with Crippen molar-refractivity contribution in [2.45, 2.75) is 51.2 Å². The fourth-order valence-corrected chi connectivity index (χ4v) is 3.10. The predicted octanol–water partition coefficient (Wildman–Crippen LogP) is 1.28. The van der Waals surface area contributed by atoms with Crippen LogP contribution in [0.15, 0.2) is 0 Å². The number of hydrogen-bond acceptors (Lipinski definition) is 4. The Hall–Kier alpha value is -1.14. The van der Waals surface area contributed by atoms with Gasteiger partial charge in [-0.1, -0.05) is 6.92 Å². The van der Waals surface area contributed by atoms with Gasteiger partial charge >= 0.3 is 5.97 Å². The topological polar surface area (TPSA) is 76.1 Å². The van der Waals surface area contributed by atoms with E-state index in [2.05, 4.69) is 0 Å². The molecule has 0 aliphatic carbocycles. The molecule has 21 heavy (non-hydrogen) atoms. The van der Waals surface area contributed by atoms with Gasteiger partial charge in [-0.25, -0.2) is 0 Å². The van der Waals surface area contributed by atoms with Crippen LogP contribution in [0.1, 0.15) is 39.0 Å². The first kappa shape index (κ1) is 16.2. The van der Waals surface area contributed by atoms with E-state index in [0.29, 0.717) is 19.6 Å². The summed E-state index contributed by atoms with van der Waals surface area (Å²) in [7, 11) is 0. The second-order valence-electron chi connectivity index (χ2n) is 5.81. The van der Waals surface area contributed by atoms with Crippen LogP contribution < -0.4 is 0 Å². The summed E-state index contributed by atoms with van der Waals surface area (Å²) in [4.78, 5) is 25.4. The molecule has 0 saturated carbocycles. The van der Waals surface area contributed by atoms with Gasteiger partial charge in [-0.05, 0) is 25.7 Å². The molecule has 0 aromatic rings. The normalized spacial score (nSPS) is 28.7. The van der Waals surface area contributed by atoms with Crippen LogP contribution in [-0.4, -0.2) is 60.4 Å². The maximum atomic E-state index is 12.5. The molecule has 2 aliphatic heterocycles.